The lowest BCUT2D eigenvalue weighted by atomic mass is 9.74. The van der Waals surface area contributed by atoms with Crippen LogP contribution in [0.5, 0.6) is 0 Å². The first-order valence-corrected chi connectivity index (χ1v) is 6.47. The zero-order valence-corrected chi connectivity index (χ0v) is 11.7. The predicted octanol–water partition coefficient (Wildman–Crippen LogP) is 0.541. The third-order valence-electron chi connectivity index (χ3n) is 4.12. The van der Waals surface area contributed by atoms with Crippen molar-refractivity contribution in [1.82, 2.24) is 16.0 Å². The Balaban J connectivity index is 3.09. The third kappa shape index (κ3) is 2.91. The minimum absolute atomic E-state index is 0.113. The van der Waals surface area contributed by atoms with Gasteiger partial charge >= 0.3 is 5.97 Å². The van der Waals surface area contributed by atoms with E-state index in [9.17, 15) is 4.79 Å². The lowest BCUT2D eigenvalue weighted by Gasteiger charge is -2.47. The molecule has 1 rings (SSSR count). The standard InChI is InChI=1S/C13H25N3O2/c1-9(12(17)18)8-10-11(14-2)6-5-7-13(10,15-3)16-4/h8,10-11,14-16H,5-7H2,1-4H3,(H,17,18). The Morgan fingerprint density at radius 3 is 2.39 bits per heavy atom. The molecule has 1 saturated carbocycles. The number of nitrogens with one attached hydrogen (secondary N) is 3. The van der Waals surface area contributed by atoms with Crippen LogP contribution in [-0.4, -0.2) is 43.9 Å². The first-order chi connectivity index (χ1) is 8.50. The Kier molecular flexibility index (Phi) is 5.31. The van der Waals surface area contributed by atoms with Crippen molar-refractivity contribution in [2.24, 2.45) is 5.92 Å². The quantitative estimate of drug-likeness (QED) is 0.426. The van der Waals surface area contributed by atoms with Crippen molar-refractivity contribution in [3.8, 4) is 0 Å². The maximum atomic E-state index is 11.0. The van der Waals surface area contributed by atoms with Crippen molar-refractivity contribution in [2.75, 3.05) is 21.1 Å². The molecule has 1 aliphatic rings. The average Bonchev–Trinajstić information content (AvgIpc) is 2.38. The Morgan fingerprint density at radius 2 is 1.94 bits per heavy atom. The van der Waals surface area contributed by atoms with Gasteiger partial charge in [0.1, 0.15) is 0 Å². The van der Waals surface area contributed by atoms with Gasteiger partial charge in [0.05, 0.1) is 5.66 Å². The fourth-order valence-electron chi connectivity index (χ4n) is 2.92. The molecule has 4 N–H and O–H groups in total. The van der Waals surface area contributed by atoms with Crippen LogP contribution in [0.15, 0.2) is 11.6 Å². The van der Waals surface area contributed by atoms with Gasteiger partial charge in [-0.05, 0) is 47.3 Å². The highest BCUT2D eigenvalue weighted by Gasteiger charge is 2.42. The molecule has 2 atom stereocenters. The summed E-state index contributed by atoms with van der Waals surface area (Å²) in [4.78, 5) is 11.0. The van der Waals surface area contributed by atoms with Gasteiger partial charge in [0, 0.05) is 17.5 Å². The first kappa shape index (κ1) is 15.1. The van der Waals surface area contributed by atoms with Crippen LogP contribution < -0.4 is 16.0 Å². The minimum Gasteiger partial charge on any atom is -0.478 e. The van der Waals surface area contributed by atoms with Gasteiger partial charge in [0.25, 0.3) is 0 Å². The summed E-state index contributed by atoms with van der Waals surface area (Å²) in [6, 6.07) is 0.285. The zero-order valence-electron chi connectivity index (χ0n) is 11.7. The molecule has 0 spiro atoms. The first-order valence-electron chi connectivity index (χ1n) is 6.47. The fraction of sp³-hybridized carbons (Fsp3) is 0.769. The molecule has 0 aliphatic heterocycles. The second kappa shape index (κ2) is 6.31. The molecule has 5 nitrogen and oxygen atoms in total. The van der Waals surface area contributed by atoms with Crippen molar-refractivity contribution in [1.29, 1.82) is 0 Å². The van der Waals surface area contributed by atoms with Crippen molar-refractivity contribution in [3.63, 3.8) is 0 Å². The summed E-state index contributed by atoms with van der Waals surface area (Å²) >= 11 is 0. The predicted molar refractivity (Wildman–Crippen MR) is 72.4 cm³/mol. The van der Waals surface area contributed by atoms with Gasteiger partial charge in [-0.3, -0.25) is 0 Å². The van der Waals surface area contributed by atoms with Gasteiger partial charge in [-0.15, -0.1) is 0 Å². The van der Waals surface area contributed by atoms with E-state index >= 15 is 0 Å². The summed E-state index contributed by atoms with van der Waals surface area (Å²) < 4.78 is 0. The molecule has 5 heteroatoms. The Hall–Kier alpha value is -0.910. The summed E-state index contributed by atoms with van der Waals surface area (Å²) in [6.07, 6.45) is 5.04. The van der Waals surface area contributed by atoms with Gasteiger partial charge in [-0.25, -0.2) is 4.79 Å². The molecule has 0 heterocycles. The zero-order chi connectivity index (χ0) is 13.8. The number of carboxylic acid groups (broad SMARTS) is 1. The molecular formula is C13H25N3O2. The third-order valence-corrected chi connectivity index (χ3v) is 4.12. The van der Waals surface area contributed by atoms with Gasteiger partial charge in [0.15, 0.2) is 0 Å². The molecule has 1 aliphatic carbocycles. The molecule has 18 heavy (non-hydrogen) atoms. The van der Waals surface area contributed by atoms with E-state index < -0.39 is 5.97 Å². The molecule has 0 bridgehead atoms. The number of carboxylic acids is 1. The molecule has 0 saturated heterocycles. The van der Waals surface area contributed by atoms with Gasteiger partial charge < -0.3 is 21.1 Å². The summed E-state index contributed by atoms with van der Waals surface area (Å²) in [6.45, 7) is 1.65. The highest BCUT2D eigenvalue weighted by Crippen LogP contribution is 2.33. The Morgan fingerprint density at radius 1 is 1.33 bits per heavy atom. The highest BCUT2D eigenvalue weighted by molar-refractivity contribution is 5.85. The van der Waals surface area contributed by atoms with E-state index in [0.717, 1.165) is 19.3 Å². The monoisotopic (exact) mass is 255 g/mol. The number of rotatable bonds is 5. The average molecular weight is 255 g/mol. The van der Waals surface area contributed by atoms with E-state index in [1.807, 2.05) is 27.2 Å². The summed E-state index contributed by atoms with van der Waals surface area (Å²) in [7, 11) is 5.78. The van der Waals surface area contributed by atoms with Crippen LogP contribution >= 0.6 is 0 Å². The summed E-state index contributed by atoms with van der Waals surface area (Å²) in [5, 5.41) is 19.0. The molecule has 0 amide bonds. The molecule has 2 unspecified atom stereocenters. The van der Waals surface area contributed by atoms with Gasteiger partial charge in [0.2, 0.25) is 0 Å². The van der Waals surface area contributed by atoms with Gasteiger partial charge in [-0.2, -0.15) is 0 Å². The number of aliphatic carboxylic acids is 1. The van der Waals surface area contributed by atoms with Gasteiger partial charge in [-0.1, -0.05) is 6.08 Å². The van der Waals surface area contributed by atoms with E-state index in [-0.39, 0.29) is 17.6 Å². The van der Waals surface area contributed by atoms with Crippen molar-refractivity contribution < 1.29 is 9.90 Å². The van der Waals surface area contributed by atoms with Crippen molar-refractivity contribution in [2.45, 2.75) is 37.9 Å². The largest absolute Gasteiger partial charge is 0.478 e. The van der Waals surface area contributed by atoms with E-state index in [0.29, 0.717) is 5.57 Å². The molecule has 0 radical (unpaired) electrons. The van der Waals surface area contributed by atoms with Crippen LogP contribution in [0.2, 0.25) is 0 Å². The maximum Gasteiger partial charge on any atom is 0.330 e. The van der Waals surface area contributed by atoms with Crippen LogP contribution in [-0.2, 0) is 4.79 Å². The SMILES string of the molecule is CNC1CCCC(NC)(NC)C1C=C(C)C(=O)O. The van der Waals surface area contributed by atoms with Crippen LogP contribution in [0.1, 0.15) is 26.2 Å². The molecule has 1 fully saturated rings. The van der Waals surface area contributed by atoms with Crippen molar-refractivity contribution in [3.05, 3.63) is 11.6 Å². The molecule has 0 aromatic carbocycles. The molecular weight excluding hydrogens is 230 g/mol. The number of hydrogen-bond acceptors (Lipinski definition) is 4. The number of carbonyl (C=O) groups is 1. The molecule has 0 aromatic rings. The van der Waals surface area contributed by atoms with Crippen LogP contribution in [0.3, 0.4) is 0 Å². The molecule has 104 valence electrons. The minimum atomic E-state index is -0.850. The second-order valence-electron chi connectivity index (χ2n) is 4.94. The number of hydrogen-bond donors (Lipinski definition) is 4. The smallest absolute Gasteiger partial charge is 0.330 e. The Labute approximate surface area is 109 Å². The second-order valence-corrected chi connectivity index (χ2v) is 4.94. The van der Waals surface area contributed by atoms with Crippen LogP contribution in [0, 0.1) is 5.92 Å². The Bertz CT molecular complexity index is 324. The molecule has 0 aromatic heterocycles. The lowest BCUT2D eigenvalue weighted by molar-refractivity contribution is -0.132. The van der Waals surface area contributed by atoms with Crippen LogP contribution in [0.25, 0.3) is 0 Å². The summed E-state index contributed by atoms with van der Waals surface area (Å²) in [5.41, 5.74) is 0.167. The normalized spacial score (nSPS) is 28.1. The topological polar surface area (TPSA) is 73.4 Å². The highest BCUT2D eigenvalue weighted by atomic mass is 16.4. The van der Waals surface area contributed by atoms with E-state index in [1.165, 1.54) is 0 Å². The fourth-order valence-corrected chi connectivity index (χ4v) is 2.92. The lowest BCUT2D eigenvalue weighted by Crippen LogP contribution is -2.65. The van der Waals surface area contributed by atoms with Crippen molar-refractivity contribution >= 4 is 5.97 Å². The van der Waals surface area contributed by atoms with E-state index in [2.05, 4.69) is 16.0 Å². The van der Waals surface area contributed by atoms with Crippen LogP contribution in [0.4, 0.5) is 0 Å². The van der Waals surface area contributed by atoms with E-state index in [1.54, 1.807) is 6.92 Å². The maximum absolute atomic E-state index is 11.0. The van der Waals surface area contributed by atoms with E-state index in [4.69, 9.17) is 5.11 Å². The summed E-state index contributed by atoms with van der Waals surface area (Å²) in [5.74, 6) is -0.737.